The molecule has 0 aliphatic rings. The van der Waals surface area contributed by atoms with Crippen molar-refractivity contribution in [3.63, 3.8) is 0 Å². The van der Waals surface area contributed by atoms with Crippen LogP contribution in [-0.2, 0) is 0 Å². The molecule has 0 radical (unpaired) electrons. The summed E-state index contributed by atoms with van der Waals surface area (Å²) in [6, 6.07) is 63.1. The first-order valence-electron chi connectivity index (χ1n) is 17.1. The van der Waals surface area contributed by atoms with Gasteiger partial charge in [0.05, 0.1) is 0 Å². The van der Waals surface area contributed by atoms with Crippen LogP contribution in [0.5, 0.6) is 0 Å². The molecule has 0 saturated heterocycles. The second kappa shape index (κ2) is 10.9. The Morgan fingerprint density at radius 1 is 0.240 bits per heavy atom. The molecular formula is C48H28S2. The minimum Gasteiger partial charge on any atom is -0.135 e. The molecule has 2 aromatic heterocycles. The van der Waals surface area contributed by atoms with Crippen molar-refractivity contribution in [2.75, 3.05) is 0 Å². The molecule has 232 valence electrons. The molecule has 0 aliphatic carbocycles. The molecule has 9 aromatic carbocycles. The summed E-state index contributed by atoms with van der Waals surface area (Å²) in [7, 11) is 0. The van der Waals surface area contributed by atoms with E-state index >= 15 is 0 Å². The topological polar surface area (TPSA) is 0 Å². The number of fused-ring (bicyclic) bond motifs is 9. The lowest BCUT2D eigenvalue weighted by molar-refractivity contribution is 1.63. The van der Waals surface area contributed by atoms with Crippen molar-refractivity contribution in [1.82, 2.24) is 0 Å². The smallest absolute Gasteiger partial charge is 0.0369 e. The third kappa shape index (κ3) is 4.23. The number of hydrogen-bond acceptors (Lipinski definition) is 2. The van der Waals surface area contributed by atoms with Crippen molar-refractivity contribution >= 4 is 95.3 Å². The number of benzene rings is 9. The van der Waals surface area contributed by atoms with Gasteiger partial charge in [-0.2, -0.15) is 0 Å². The zero-order valence-electron chi connectivity index (χ0n) is 27.0. The van der Waals surface area contributed by atoms with Crippen LogP contribution in [0.2, 0.25) is 0 Å². The van der Waals surface area contributed by atoms with Gasteiger partial charge >= 0.3 is 0 Å². The Balaban J connectivity index is 1.02. The molecule has 50 heavy (non-hydrogen) atoms. The zero-order chi connectivity index (χ0) is 32.8. The van der Waals surface area contributed by atoms with Gasteiger partial charge in [0, 0.05) is 40.3 Å². The summed E-state index contributed by atoms with van der Waals surface area (Å²) in [6.07, 6.45) is 0. The molecule has 11 rings (SSSR count). The maximum Gasteiger partial charge on any atom is 0.0369 e. The van der Waals surface area contributed by atoms with Crippen LogP contribution in [0.3, 0.4) is 0 Å². The zero-order valence-corrected chi connectivity index (χ0v) is 28.6. The Bertz CT molecular complexity index is 3070. The van der Waals surface area contributed by atoms with E-state index in [9.17, 15) is 0 Å². The van der Waals surface area contributed by atoms with Crippen molar-refractivity contribution in [3.8, 4) is 33.4 Å². The fourth-order valence-electron chi connectivity index (χ4n) is 8.10. The van der Waals surface area contributed by atoms with E-state index in [0.717, 1.165) is 0 Å². The van der Waals surface area contributed by atoms with E-state index in [1.54, 1.807) is 0 Å². The SMILES string of the molecule is c1ccc(-c2c3ccccc3c(-c3ccc(-c4ccc5cc6c(cc5c4)sc4cc5sc7ccccc7c5cc46)cc3)c3ccccc23)cc1. The van der Waals surface area contributed by atoms with E-state index in [1.165, 1.54) is 106 Å². The Kier molecular flexibility index (Phi) is 6.09. The Hall–Kier alpha value is -5.80. The van der Waals surface area contributed by atoms with Crippen LogP contribution < -0.4 is 0 Å². The normalized spacial score (nSPS) is 12.0. The van der Waals surface area contributed by atoms with Crippen LogP contribution in [0.25, 0.3) is 106 Å². The highest BCUT2D eigenvalue weighted by atomic mass is 32.1. The highest BCUT2D eigenvalue weighted by Crippen LogP contribution is 2.45. The standard InChI is InChI=1S/C48H28S2/c1-2-10-30(11-3-1)47-36-13-4-6-15-38(36)48(39-16-7-5-14-37(39)47)31-20-18-29(19-21-31)32-22-23-33-25-40-42-27-41-35-12-8-9-17-43(35)49-45(41)28-46(42)50-44(40)26-34(33)24-32/h1-28H. The average molecular weight is 669 g/mol. The van der Waals surface area contributed by atoms with Crippen molar-refractivity contribution in [1.29, 1.82) is 0 Å². The van der Waals surface area contributed by atoms with Gasteiger partial charge in [-0.15, -0.1) is 22.7 Å². The van der Waals surface area contributed by atoms with Gasteiger partial charge in [0.15, 0.2) is 0 Å². The van der Waals surface area contributed by atoms with Crippen molar-refractivity contribution in [2.45, 2.75) is 0 Å². The van der Waals surface area contributed by atoms with Crippen LogP contribution in [-0.4, -0.2) is 0 Å². The van der Waals surface area contributed by atoms with Crippen LogP contribution in [0.4, 0.5) is 0 Å². The second-order valence-electron chi connectivity index (χ2n) is 13.2. The highest BCUT2D eigenvalue weighted by Gasteiger charge is 2.17. The summed E-state index contributed by atoms with van der Waals surface area (Å²) < 4.78 is 5.44. The first-order chi connectivity index (χ1) is 24.8. The van der Waals surface area contributed by atoms with E-state index in [2.05, 4.69) is 170 Å². The summed E-state index contributed by atoms with van der Waals surface area (Å²) in [5.74, 6) is 0. The van der Waals surface area contributed by atoms with Gasteiger partial charge in [-0.3, -0.25) is 0 Å². The summed E-state index contributed by atoms with van der Waals surface area (Å²) >= 11 is 3.81. The molecule has 2 heteroatoms. The Labute approximate surface area is 297 Å². The lowest BCUT2D eigenvalue weighted by Gasteiger charge is -2.18. The maximum absolute atomic E-state index is 2.42. The van der Waals surface area contributed by atoms with Gasteiger partial charge in [0.25, 0.3) is 0 Å². The fourth-order valence-corrected chi connectivity index (χ4v) is 10.5. The molecule has 0 fully saturated rings. The lowest BCUT2D eigenvalue weighted by atomic mass is 9.85. The van der Waals surface area contributed by atoms with E-state index in [1.807, 2.05) is 22.7 Å². The van der Waals surface area contributed by atoms with Crippen molar-refractivity contribution in [3.05, 3.63) is 170 Å². The van der Waals surface area contributed by atoms with Crippen LogP contribution >= 0.6 is 22.7 Å². The average Bonchev–Trinajstić information content (AvgIpc) is 3.71. The fraction of sp³-hybridized carbons (Fsp3) is 0. The Morgan fingerprint density at radius 3 is 1.40 bits per heavy atom. The molecule has 0 nitrogen and oxygen atoms in total. The molecule has 0 spiro atoms. The van der Waals surface area contributed by atoms with E-state index in [4.69, 9.17) is 0 Å². The molecular weight excluding hydrogens is 641 g/mol. The van der Waals surface area contributed by atoms with Crippen LogP contribution in [0.15, 0.2) is 170 Å². The van der Waals surface area contributed by atoms with Gasteiger partial charge in [-0.1, -0.05) is 133 Å². The van der Waals surface area contributed by atoms with Crippen molar-refractivity contribution in [2.24, 2.45) is 0 Å². The summed E-state index contributed by atoms with van der Waals surface area (Å²) in [4.78, 5) is 0. The highest BCUT2D eigenvalue weighted by molar-refractivity contribution is 7.28. The predicted molar refractivity (Wildman–Crippen MR) is 221 cm³/mol. The monoisotopic (exact) mass is 668 g/mol. The molecule has 0 saturated carbocycles. The Morgan fingerprint density at radius 2 is 0.720 bits per heavy atom. The van der Waals surface area contributed by atoms with E-state index < -0.39 is 0 Å². The minimum atomic E-state index is 1.23. The van der Waals surface area contributed by atoms with Crippen LogP contribution in [0.1, 0.15) is 0 Å². The van der Waals surface area contributed by atoms with E-state index in [-0.39, 0.29) is 0 Å². The molecule has 2 heterocycles. The molecule has 0 bridgehead atoms. The lowest BCUT2D eigenvalue weighted by Crippen LogP contribution is -1.90. The van der Waals surface area contributed by atoms with E-state index in [0.29, 0.717) is 0 Å². The van der Waals surface area contributed by atoms with Gasteiger partial charge in [0.1, 0.15) is 0 Å². The minimum absolute atomic E-state index is 1.23. The van der Waals surface area contributed by atoms with Gasteiger partial charge in [-0.05, 0) is 102 Å². The molecule has 0 aliphatic heterocycles. The number of hydrogen-bond donors (Lipinski definition) is 0. The summed E-state index contributed by atoms with van der Waals surface area (Å²) in [6.45, 7) is 0. The third-order valence-electron chi connectivity index (χ3n) is 10.4. The predicted octanol–water partition coefficient (Wildman–Crippen LogP) is 14.9. The molecule has 11 aromatic rings. The molecule has 0 amide bonds. The summed E-state index contributed by atoms with van der Waals surface area (Å²) in [5.41, 5.74) is 7.55. The number of thiophene rings is 2. The van der Waals surface area contributed by atoms with Gasteiger partial charge in [0.2, 0.25) is 0 Å². The first-order valence-corrected chi connectivity index (χ1v) is 18.7. The van der Waals surface area contributed by atoms with Gasteiger partial charge < -0.3 is 0 Å². The quantitative estimate of drug-likeness (QED) is 0.164. The summed E-state index contributed by atoms with van der Waals surface area (Å²) in [5, 5.41) is 13.1. The molecule has 0 unspecified atom stereocenters. The van der Waals surface area contributed by atoms with Gasteiger partial charge in [-0.25, -0.2) is 0 Å². The maximum atomic E-state index is 2.42. The van der Waals surface area contributed by atoms with Crippen LogP contribution in [0, 0.1) is 0 Å². The molecule has 0 atom stereocenters. The first kappa shape index (κ1) is 28.1. The van der Waals surface area contributed by atoms with Crippen molar-refractivity contribution < 1.29 is 0 Å². The number of rotatable bonds is 3. The molecule has 0 N–H and O–H groups in total. The third-order valence-corrected chi connectivity index (χ3v) is 12.7. The largest absolute Gasteiger partial charge is 0.135 e. The second-order valence-corrected chi connectivity index (χ2v) is 15.4.